The minimum atomic E-state index is -4.44. The van der Waals surface area contributed by atoms with Gasteiger partial charge < -0.3 is 20.3 Å². The number of benzene rings is 1. The van der Waals surface area contributed by atoms with Gasteiger partial charge in [-0.1, -0.05) is 25.0 Å². The van der Waals surface area contributed by atoms with Gasteiger partial charge >= 0.3 is 6.18 Å². The molecule has 1 saturated heterocycles. The van der Waals surface area contributed by atoms with Gasteiger partial charge in [0.25, 0.3) is 0 Å². The first kappa shape index (κ1) is 23.2. The summed E-state index contributed by atoms with van der Waals surface area (Å²) in [6.45, 7) is 0.821. The summed E-state index contributed by atoms with van der Waals surface area (Å²) in [4.78, 5) is 21.8. The third-order valence-corrected chi connectivity index (χ3v) is 6.04. The van der Waals surface area contributed by atoms with E-state index < -0.39 is 23.6 Å². The number of nitrogens with one attached hydrogen (secondary N) is 2. The monoisotopic (exact) mass is 467 g/mol. The fourth-order valence-electron chi connectivity index (χ4n) is 4.26. The van der Waals surface area contributed by atoms with Gasteiger partial charge in [-0.2, -0.15) is 17.6 Å². The standard InChI is InChI=1S/C22H25F4N5O2/c23-18-19(28-13-30-21(32)15-3-1-2-4-15)27-12-29-20(18)31-9-10-33-11-17(31)14-5-7-16(8-6-14)22(24,25)26/h5-8,12,15,17H,1-4,9-11,13H2,(H,30,32)(H,27,28,29)/t17-/m1/s1. The minimum absolute atomic E-state index is 0.00421. The van der Waals surface area contributed by atoms with Crippen molar-refractivity contribution in [2.24, 2.45) is 5.92 Å². The fourth-order valence-corrected chi connectivity index (χ4v) is 4.26. The first-order chi connectivity index (χ1) is 15.8. The molecule has 0 spiro atoms. The van der Waals surface area contributed by atoms with Crippen molar-refractivity contribution in [2.75, 3.05) is 36.6 Å². The van der Waals surface area contributed by atoms with E-state index in [1.807, 2.05) is 0 Å². The van der Waals surface area contributed by atoms with Gasteiger partial charge in [-0.15, -0.1) is 0 Å². The zero-order valence-electron chi connectivity index (χ0n) is 17.9. The lowest BCUT2D eigenvalue weighted by Gasteiger charge is -2.37. The maximum Gasteiger partial charge on any atom is 0.416 e. The quantitative estimate of drug-likeness (QED) is 0.496. The minimum Gasteiger partial charge on any atom is -0.377 e. The summed E-state index contributed by atoms with van der Waals surface area (Å²) >= 11 is 0. The molecule has 1 amide bonds. The van der Waals surface area contributed by atoms with Crippen LogP contribution >= 0.6 is 0 Å². The number of carbonyl (C=O) groups excluding carboxylic acids is 1. The summed E-state index contributed by atoms with van der Waals surface area (Å²) in [5.74, 6) is -0.820. The number of halogens is 4. The van der Waals surface area contributed by atoms with E-state index in [0.29, 0.717) is 18.7 Å². The molecule has 1 saturated carbocycles. The highest BCUT2D eigenvalue weighted by Crippen LogP contribution is 2.34. The molecule has 1 aromatic heterocycles. The molecule has 4 rings (SSSR count). The summed E-state index contributed by atoms with van der Waals surface area (Å²) in [5.41, 5.74) is -0.201. The Balaban J connectivity index is 1.47. The maximum atomic E-state index is 15.3. The van der Waals surface area contributed by atoms with Crippen molar-refractivity contribution >= 4 is 17.5 Å². The van der Waals surface area contributed by atoms with Crippen molar-refractivity contribution in [2.45, 2.75) is 37.9 Å². The highest BCUT2D eigenvalue weighted by molar-refractivity contribution is 5.79. The first-order valence-corrected chi connectivity index (χ1v) is 10.9. The predicted molar refractivity (Wildman–Crippen MR) is 113 cm³/mol. The zero-order chi connectivity index (χ0) is 23.4. The fraction of sp³-hybridized carbons (Fsp3) is 0.500. The largest absolute Gasteiger partial charge is 0.416 e. The highest BCUT2D eigenvalue weighted by atomic mass is 19.4. The van der Waals surface area contributed by atoms with Gasteiger partial charge in [0, 0.05) is 12.5 Å². The van der Waals surface area contributed by atoms with Crippen molar-refractivity contribution in [3.63, 3.8) is 0 Å². The Morgan fingerprint density at radius 2 is 1.88 bits per heavy atom. The van der Waals surface area contributed by atoms with E-state index in [9.17, 15) is 18.0 Å². The molecule has 1 atom stereocenters. The Morgan fingerprint density at radius 1 is 1.15 bits per heavy atom. The molecule has 2 heterocycles. The number of carbonyl (C=O) groups is 1. The van der Waals surface area contributed by atoms with E-state index in [1.54, 1.807) is 4.90 Å². The number of ether oxygens (including phenoxy) is 1. The van der Waals surface area contributed by atoms with Crippen LogP contribution in [0.1, 0.15) is 42.9 Å². The topological polar surface area (TPSA) is 79.4 Å². The maximum absolute atomic E-state index is 15.3. The van der Waals surface area contributed by atoms with Crippen molar-refractivity contribution in [1.29, 1.82) is 0 Å². The molecule has 0 radical (unpaired) electrons. The molecule has 0 bridgehead atoms. The molecule has 2 aliphatic rings. The van der Waals surface area contributed by atoms with E-state index in [1.165, 1.54) is 18.5 Å². The molecule has 2 aromatic rings. The van der Waals surface area contributed by atoms with Crippen LogP contribution < -0.4 is 15.5 Å². The van der Waals surface area contributed by atoms with E-state index >= 15 is 4.39 Å². The molecule has 178 valence electrons. The van der Waals surface area contributed by atoms with E-state index in [-0.39, 0.29) is 36.7 Å². The molecule has 2 N–H and O–H groups in total. The molecule has 33 heavy (non-hydrogen) atoms. The second kappa shape index (κ2) is 9.90. The predicted octanol–water partition coefficient (Wildman–Crippen LogP) is 3.89. The number of amides is 1. The van der Waals surface area contributed by atoms with E-state index in [0.717, 1.165) is 37.8 Å². The number of nitrogens with zero attached hydrogens (tertiary/aromatic N) is 3. The van der Waals surface area contributed by atoms with E-state index in [4.69, 9.17) is 4.74 Å². The highest BCUT2D eigenvalue weighted by Gasteiger charge is 2.32. The number of alkyl halides is 3. The van der Waals surface area contributed by atoms with Crippen molar-refractivity contribution in [3.05, 3.63) is 47.5 Å². The summed E-state index contributed by atoms with van der Waals surface area (Å²) in [5, 5.41) is 5.53. The number of morpholine rings is 1. The molecule has 0 unspecified atom stereocenters. The van der Waals surface area contributed by atoms with Gasteiger partial charge in [0.15, 0.2) is 11.6 Å². The molecule has 1 aromatic carbocycles. The summed E-state index contributed by atoms with van der Waals surface area (Å²) < 4.78 is 59.5. The van der Waals surface area contributed by atoms with Crippen LogP contribution in [0.5, 0.6) is 0 Å². The summed E-state index contributed by atoms with van der Waals surface area (Å²) in [6.07, 6.45) is 0.567. The lowest BCUT2D eigenvalue weighted by atomic mass is 10.0. The second-order valence-corrected chi connectivity index (χ2v) is 8.14. The average molecular weight is 467 g/mol. The Hall–Kier alpha value is -2.95. The van der Waals surface area contributed by atoms with Crippen LogP contribution in [0.3, 0.4) is 0 Å². The molecule has 2 fully saturated rings. The van der Waals surface area contributed by atoms with Crippen LogP contribution in [0.25, 0.3) is 0 Å². The molecule has 1 aliphatic heterocycles. The summed E-state index contributed by atoms with van der Waals surface area (Å²) in [7, 11) is 0. The SMILES string of the molecule is O=C(NCNc1ncnc(N2CCOC[C@@H]2c2ccc(C(F)(F)F)cc2)c1F)C1CCCC1. The molecule has 1 aliphatic carbocycles. The smallest absolute Gasteiger partial charge is 0.377 e. The Labute approximate surface area is 188 Å². The average Bonchev–Trinajstić information content (AvgIpc) is 3.35. The molecule has 7 nitrogen and oxygen atoms in total. The zero-order valence-corrected chi connectivity index (χ0v) is 17.9. The Bertz CT molecular complexity index is 964. The lowest BCUT2D eigenvalue weighted by Crippen LogP contribution is -2.41. The number of rotatable bonds is 6. The van der Waals surface area contributed by atoms with Gasteiger partial charge in [-0.25, -0.2) is 9.97 Å². The van der Waals surface area contributed by atoms with E-state index in [2.05, 4.69) is 20.6 Å². The number of hydrogen-bond acceptors (Lipinski definition) is 6. The normalized spacial score (nSPS) is 19.5. The van der Waals surface area contributed by atoms with Crippen LogP contribution in [0.4, 0.5) is 29.2 Å². The first-order valence-electron chi connectivity index (χ1n) is 10.9. The van der Waals surface area contributed by atoms with Crippen LogP contribution in [0.15, 0.2) is 30.6 Å². The Kier molecular flexibility index (Phi) is 6.96. The van der Waals surface area contributed by atoms with Gasteiger partial charge in [0.1, 0.15) is 6.33 Å². The van der Waals surface area contributed by atoms with Gasteiger partial charge in [0.2, 0.25) is 11.7 Å². The molecule has 11 heteroatoms. The summed E-state index contributed by atoms with van der Waals surface area (Å²) in [6, 6.07) is 4.22. The third-order valence-electron chi connectivity index (χ3n) is 6.04. The van der Waals surface area contributed by atoms with Crippen molar-refractivity contribution in [3.8, 4) is 0 Å². The number of anilines is 2. The van der Waals surface area contributed by atoms with Crippen molar-refractivity contribution in [1.82, 2.24) is 15.3 Å². The Morgan fingerprint density at radius 3 is 2.58 bits per heavy atom. The van der Waals surface area contributed by atoms with Crippen LogP contribution in [-0.4, -0.2) is 42.3 Å². The number of hydrogen-bond donors (Lipinski definition) is 2. The van der Waals surface area contributed by atoms with Gasteiger partial charge in [-0.05, 0) is 30.5 Å². The third kappa shape index (κ3) is 5.35. The van der Waals surface area contributed by atoms with Crippen LogP contribution in [-0.2, 0) is 15.7 Å². The number of aromatic nitrogens is 2. The van der Waals surface area contributed by atoms with Crippen molar-refractivity contribution < 1.29 is 27.1 Å². The van der Waals surface area contributed by atoms with Gasteiger partial charge in [-0.3, -0.25) is 4.79 Å². The molecular formula is C22H25F4N5O2. The second-order valence-electron chi connectivity index (χ2n) is 8.14. The molecular weight excluding hydrogens is 442 g/mol. The lowest BCUT2D eigenvalue weighted by molar-refractivity contribution is -0.137. The van der Waals surface area contributed by atoms with Gasteiger partial charge in [0.05, 0.1) is 31.5 Å². The van der Waals surface area contributed by atoms with Crippen LogP contribution in [0.2, 0.25) is 0 Å². The van der Waals surface area contributed by atoms with Crippen LogP contribution in [0, 0.1) is 11.7 Å².